The molecule has 2 atom stereocenters. The first-order valence-electron chi connectivity index (χ1n) is 7.60. The van der Waals surface area contributed by atoms with E-state index in [9.17, 15) is 19.2 Å². The van der Waals surface area contributed by atoms with Gasteiger partial charge in [0.15, 0.2) is 0 Å². The molecule has 0 bridgehead atoms. The number of hydrogen-bond acceptors (Lipinski definition) is 6. The molecule has 0 spiro atoms. The molecule has 0 aromatic heterocycles. The van der Waals surface area contributed by atoms with Gasteiger partial charge in [-0.15, -0.1) is 0 Å². The summed E-state index contributed by atoms with van der Waals surface area (Å²) in [7, 11) is 0. The van der Waals surface area contributed by atoms with E-state index in [1.807, 2.05) is 0 Å². The fourth-order valence-corrected chi connectivity index (χ4v) is 2.08. The van der Waals surface area contributed by atoms with Gasteiger partial charge in [0, 0.05) is 13.1 Å². The molecule has 2 unspecified atom stereocenters. The Morgan fingerprint density at radius 1 is 0.708 bits per heavy atom. The zero-order valence-corrected chi connectivity index (χ0v) is 14.3. The summed E-state index contributed by atoms with van der Waals surface area (Å²) >= 11 is 0. The van der Waals surface area contributed by atoms with Gasteiger partial charge in [0.25, 0.3) is 0 Å². The van der Waals surface area contributed by atoms with Crippen molar-refractivity contribution in [3.05, 3.63) is 0 Å². The number of carbonyl (C=O) groups is 4. The van der Waals surface area contributed by atoms with Crippen molar-refractivity contribution in [3.63, 3.8) is 0 Å². The zero-order chi connectivity index (χ0) is 18.9. The van der Waals surface area contributed by atoms with Gasteiger partial charge in [-0.2, -0.15) is 0 Å². The summed E-state index contributed by atoms with van der Waals surface area (Å²) in [4.78, 5) is 44.6. The summed E-state index contributed by atoms with van der Waals surface area (Å²) in [6.45, 7) is 7.65. The van der Waals surface area contributed by atoms with Crippen LogP contribution in [-0.4, -0.2) is 59.4 Å². The molecule has 0 aromatic carbocycles. The van der Waals surface area contributed by atoms with Gasteiger partial charge in [0.2, 0.25) is 11.8 Å². The van der Waals surface area contributed by atoms with Crippen molar-refractivity contribution in [2.75, 3.05) is 13.1 Å². The molecule has 0 saturated carbocycles. The van der Waals surface area contributed by atoms with E-state index >= 15 is 0 Å². The molecule has 4 amide bonds. The quantitative estimate of drug-likeness (QED) is 0.313. The van der Waals surface area contributed by atoms with Gasteiger partial charge in [-0.1, -0.05) is 27.7 Å². The number of nitrogens with one attached hydrogen (secondary N) is 4. The largest absolute Gasteiger partial charge is 0.465 e. The highest BCUT2D eigenvalue weighted by molar-refractivity contribution is 5.94. The van der Waals surface area contributed by atoms with E-state index in [0.717, 1.165) is 0 Å². The highest BCUT2D eigenvalue weighted by Gasteiger charge is 2.25. The maximum atomic E-state index is 11.8. The minimum absolute atomic E-state index is 0.138. The van der Waals surface area contributed by atoms with E-state index in [2.05, 4.69) is 10.6 Å². The third-order valence-electron chi connectivity index (χ3n) is 3.21. The minimum Gasteiger partial charge on any atom is -0.465 e. The number of carbonyl (C=O) groups excluding carboxylic acids is 2. The lowest BCUT2D eigenvalue weighted by atomic mass is 10.0. The normalized spacial score (nSPS) is 13.4. The second-order valence-electron chi connectivity index (χ2n) is 5.94. The van der Waals surface area contributed by atoms with Crippen LogP contribution in [0.3, 0.4) is 0 Å². The smallest absolute Gasteiger partial charge is 0.411 e. The van der Waals surface area contributed by atoms with Crippen molar-refractivity contribution >= 4 is 24.0 Å². The van der Waals surface area contributed by atoms with E-state index in [1.165, 1.54) is 0 Å². The van der Waals surface area contributed by atoms with E-state index < -0.39 is 36.1 Å². The van der Waals surface area contributed by atoms with Gasteiger partial charge in [-0.3, -0.25) is 20.2 Å². The summed E-state index contributed by atoms with van der Waals surface area (Å²) in [5.41, 5.74) is 0. The molecule has 0 fully saturated rings. The minimum atomic E-state index is -1.42. The number of carboxylic acid groups (broad SMARTS) is 2. The summed E-state index contributed by atoms with van der Waals surface area (Å²) in [6, 6.07) is -1.40. The van der Waals surface area contributed by atoms with Gasteiger partial charge in [-0.25, -0.2) is 9.59 Å². The first-order valence-corrected chi connectivity index (χ1v) is 7.60. The Morgan fingerprint density at radius 2 is 1.00 bits per heavy atom. The first kappa shape index (κ1) is 21.8. The lowest BCUT2D eigenvalue weighted by Crippen LogP contribution is -2.53. The van der Waals surface area contributed by atoms with Crippen LogP contribution in [0.1, 0.15) is 27.7 Å². The van der Waals surface area contributed by atoms with Crippen molar-refractivity contribution in [1.29, 1.82) is 0 Å². The Kier molecular flexibility index (Phi) is 9.58. The average molecular weight is 346 g/mol. The monoisotopic (exact) mass is 346 g/mol. The second-order valence-corrected chi connectivity index (χ2v) is 5.94. The van der Waals surface area contributed by atoms with E-state index in [0.29, 0.717) is 13.1 Å². The van der Waals surface area contributed by atoms with E-state index in [1.54, 1.807) is 38.3 Å². The number of rotatable bonds is 9. The molecule has 0 aliphatic heterocycles. The highest BCUT2D eigenvalue weighted by atomic mass is 16.4. The van der Waals surface area contributed by atoms with Crippen LogP contribution in [0.4, 0.5) is 9.59 Å². The molecular weight excluding hydrogens is 320 g/mol. The molecule has 6 N–H and O–H groups in total. The van der Waals surface area contributed by atoms with E-state index in [-0.39, 0.29) is 11.8 Å². The van der Waals surface area contributed by atoms with Crippen LogP contribution in [-0.2, 0) is 9.59 Å². The van der Waals surface area contributed by atoms with Crippen LogP contribution in [0.25, 0.3) is 0 Å². The SMILES string of the molecule is CC(C)C(NCCNC(C(=O)NC(=O)O)C(C)C)C(=O)NC(=O)O. The van der Waals surface area contributed by atoms with Gasteiger partial charge in [-0.05, 0) is 11.8 Å². The summed E-state index contributed by atoms with van der Waals surface area (Å²) in [6.07, 6.45) is -2.84. The Balaban J connectivity index is 4.48. The molecule has 0 heterocycles. The lowest BCUT2D eigenvalue weighted by molar-refractivity contribution is -0.124. The third kappa shape index (κ3) is 8.44. The first-order chi connectivity index (χ1) is 11.1. The summed E-state index contributed by atoms with van der Waals surface area (Å²) in [5, 5.41) is 26.6. The number of hydrogen-bond donors (Lipinski definition) is 6. The molecule has 10 heteroatoms. The van der Waals surface area contributed by atoms with Crippen LogP contribution in [0, 0.1) is 11.8 Å². The Hall–Kier alpha value is -2.20. The summed E-state index contributed by atoms with van der Waals surface area (Å²) in [5.74, 6) is -1.58. The summed E-state index contributed by atoms with van der Waals surface area (Å²) < 4.78 is 0. The van der Waals surface area contributed by atoms with E-state index in [4.69, 9.17) is 10.2 Å². The molecule has 0 radical (unpaired) electrons. The second kappa shape index (κ2) is 10.6. The van der Waals surface area contributed by atoms with Crippen molar-refractivity contribution in [2.24, 2.45) is 11.8 Å². The molecule has 0 aliphatic rings. The van der Waals surface area contributed by atoms with Crippen molar-refractivity contribution in [2.45, 2.75) is 39.8 Å². The molecule has 0 aromatic rings. The van der Waals surface area contributed by atoms with Crippen molar-refractivity contribution < 1.29 is 29.4 Å². The van der Waals surface area contributed by atoms with Gasteiger partial charge >= 0.3 is 12.2 Å². The zero-order valence-electron chi connectivity index (χ0n) is 14.3. The Labute approximate surface area is 140 Å². The third-order valence-corrected chi connectivity index (χ3v) is 3.21. The molecule has 0 saturated heterocycles. The topological polar surface area (TPSA) is 157 Å². The van der Waals surface area contributed by atoms with Crippen LogP contribution in [0.5, 0.6) is 0 Å². The molecule has 10 nitrogen and oxygen atoms in total. The van der Waals surface area contributed by atoms with Gasteiger partial charge < -0.3 is 20.8 Å². The fraction of sp³-hybridized carbons (Fsp3) is 0.714. The highest BCUT2D eigenvalue weighted by Crippen LogP contribution is 2.03. The Morgan fingerprint density at radius 3 is 1.21 bits per heavy atom. The van der Waals surface area contributed by atoms with Crippen LogP contribution < -0.4 is 21.3 Å². The average Bonchev–Trinajstić information content (AvgIpc) is 2.39. The number of imide groups is 2. The van der Waals surface area contributed by atoms with Gasteiger partial charge in [0.1, 0.15) is 0 Å². The lowest BCUT2D eigenvalue weighted by Gasteiger charge is -2.23. The molecule has 138 valence electrons. The predicted molar refractivity (Wildman–Crippen MR) is 85.6 cm³/mol. The Bertz CT molecular complexity index is 424. The molecule has 0 rings (SSSR count). The van der Waals surface area contributed by atoms with Crippen LogP contribution in [0.2, 0.25) is 0 Å². The van der Waals surface area contributed by atoms with Crippen LogP contribution in [0.15, 0.2) is 0 Å². The predicted octanol–water partition coefficient (Wildman–Crippen LogP) is -0.197. The fourth-order valence-electron chi connectivity index (χ4n) is 2.08. The van der Waals surface area contributed by atoms with Gasteiger partial charge in [0.05, 0.1) is 12.1 Å². The number of amides is 4. The maximum absolute atomic E-state index is 11.8. The molecular formula is C14H26N4O6. The van der Waals surface area contributed by atoms with Crippen molar-refractivity contribution in [3.8, 4) is 0 Å². The molecule has 0 aliphatic carbocycles. The molecule has 24 heavy (non-hydrogen) atoms. The maximum Gasteiger partial charge on any atom is 0.411 e. The van der Waals surface area contributed by atoms with Crippen molar-refractivity contribution in [1.82, 2.24) is 21.3 Å². The standard InChI is InChI=1S/C14H26N4O6/c1-7(2)9(11(19)17-13(21)22)15-5-6-16-10(8(3)4)12(20)18-14(23)24/h7-10,15-16H,5-6H2,1-4H3,(H,17,19)(H,18,20)(H,21,22)(H,23,24). The van der Waals surface area contributed by atoms with Crippen LogP contribution >= 0.6 is 0 Å².